The van der Waals surface area contributed by atoms with Gasteiger partial charge >= 0.3 is 0 Å². The predicted molar refractivity (Wildman–Crippen MR) is 90.6 cm³/mol. The summed E-state index contributed by atoms with van der Waals surface area (Å²) >= 11 is 12.0. The molecule has 8 heteroatoms. The highest BCUT2D eigenvalue weighted by atomic mass is 35.5. The molecule has 1 heterocycles. The summed E-state index contributed by atoms with van der Waals surface area (Å²) in [6.07, 6.45) is 2.05. The van der Waals surface area contributed by atoms with E-state index < -0.39 is 0 Å². The maximum atomic E-state index is 12.0. The van der Waals surface area contributed by atoms with Crippen LogP contribution in [0.15, 0.2) is 30.6 Å². The fourth-order valence-electron chi connectivity index (χ4n) is 1.79. The predicted octanol–water partition coefficient (Wildman–Crippen LogP) is 3.29. The van der Waals surface area contributed by atoms with Crippen molar-refractivity contribution in [3.8, 4) is 0 Å². The van der Waals surface area contributed by atoms with Crippen molar-refractivity contribution in [3.05, 3.63) is 46.3 Å². The third-order valence-corrected chi connectivity index (χ3v) is 3.45. The number of rotatable bonds is 7. The molecule has 0 saturated carbocycles. The lowest BCUT2D eigenvalue weighted by molar-refractivity contribution is 0.0943. The molecule has 2 rings (SSSR count). The number of nitrogens with one attached hydrogen (secondary N) is 2. The molecule has 0 radical (unpaired) electrons. The van der Waals surface area contributed by atoms with Crippen molar-refractivity contribution < 1.29 is 9.53 Å². The zero-order valence-electron chi connectivity index (χ0n) is 12.5. The normalized spacial score (nSPS) is 10.4. The Kier molecular flexibility index (Phi) is 6.58. The number of benzene rings is 1. The first-order valence-corrected chi connectivity index (χ1v) is 7.67. The van der Waals surface area contributed by atoms with Gasteiger partial charge in [-0.15, -0.1) is 0 Å². The minimum absolute atomic E-state index is 0.269. The number of nitrogens with zero attached hydrogens (tertiary/aromatic N) is 2. The second kappa shape index (κ2) is 8.67. The Morgan fingerprint density at radius 3 is 2.83 bits per heavy atom. The zero-order valence-corrected chi connectivity index (χ0v) is 14.0. The van der Waals surface area contributed by atoms with Gasteiger partial charge in [-0.1, -0.05) is 23.2 Å². The molecule has 1 aromatic carbocycles. The van der Waals surface area contributed by atoms with E-state index in [0.29, 0.717) is 34.7 Å². The highest BCUT2D eigenvalue weighted by Crippen LogP contribution is 2.27. The minimum Gasteiger partial charge on any atom is -0.385 e. The van der Waals surface area contributed by atoms with Crippen molar-refractivity contribution in [2.45, 2.75) is 6.42 Å². The molecule has 2 aromatic rings. The second-order valence-corrected chi connectivity index (χ2v) is 5.48. The average molecular weight is 355 g/mol. The van der Waals surface area contributed by atoms with E-state index in [-0.39, 0.29) is 11.6 Å². The van der Waals surface area contributed by atoms with Crippen molar-refractivity contribution >= 4 is 40.6 Å². The Morgan fingerprint density at radius 2 is 2.09 bits per heavy atom. The third kappa shape index (κ3) is 5.35. The number of halogens is 2. The van der Waals surface area contributed by atoms with Crippen LogP contribution in [0.3, 0.4) is 0 Å². The summed E-state index contributed by atoms with van der Waals surface area (Å²) in [6.45, 7) is 1.11. The molecule has 0 bridgehead atoms. The monoisotopic (exact) mass is 354 g/mol. The van der Waals surface area contributed by atoms with Gasteiger partial charge in [0.25, 0.3) is 5.91 Å². The van der Waals surface area contributed by atoms with E-state index in [9.17, 15) is 4.79 Å². The zero-order chi connectivity index (χ0) is 16.7. The van der Waals surface area contributed by atoms with Gasteiger partial charge in [0.2, 0.25) is 0 Å². The first-order valence-electron chi connectivity index (χ1n) is 6.91. The lowest BCUT2D eigenvalue weighted by Crippen LogP contribution is -2.26. The van der Waals surface area contributed by atoms with Crippen LogP contribution in [-0.2, 0) is 4.74 Å². The summed E-state index contributed by atoms with van der Waals surface area (Å²) in [4.78, 5) is 20.1. The van der Waals surface area contributed by atoms with Crippen LogP contribution >= 0.6 is 23.2 Å². The van der Waals surface area contributed by atoms with Gasteiger partial charge < -0.3 is 15.4 Å². The van der Waals surface area contributed by atoms with Gasteiger partial charge in [0, 0.05) is 31.4 Å². The minimum atomic E-state index is -0.270. The molecule has 122 valence electrons. The largest absolute Gasteiger partial charge is 0.385 e. The molecule has 0 fully saturated rings. The molecule has 1 aromatic heterocycles. The van der Waals surface area contributed by atoms with Crippen LogP contribution in [0.5, 0.6) is 0 Å². The summed E-state index contributed by atoms with van der Waals surface area (Å²) < 4.78 is 4.93. The quantitative estimate of drug-likeness (QED) is 0.746. The van der Waals surface area contributed by atoms with Crippen LogP contribution in [0.2, 0.25) is 10.0 Å². The average Bonchev–Trinajstić information content (AvgIpc) is 2.54. The topological polar surface area (TPSA) is 76.1 Å². The molecule has 0 spiro atoms. The number of hydrogen-bond acceptors (Lipinski definition) is 5. The van der Waals surface area contributed by atoms with Crippen molar-refractivity contribution in [3.63, 3.8) is 0 Å². The molecular weight excluding hydrogens is 339 g/mol. The second-order valence-electron chi connectivity index (χ2n) is 4.64. The van der Waals surface area contributed by atoms with Gasteiger partial charge in [-0.25, -0.2) is 9.97 Å². The highest BCUT2D eigenvalue weighted by molar-refractivity contribution is 6.36. The van der Waals surface area contributed by atoms with Gasteiger partial charge in [0.15, 0.2) is 0 Å². The molecular formula is C15H16Cl2N4O2. The first kappa shape index (κ1) is 17.5. The van der Waals surface area contributed by atoms with E-state index in [1.54, 1.807) is 31.4 Å². The van der Waals surface area contributed by atoms with Gasteiger partial charge in [0.1, 0.15) is 17.8 Å². The number of ether oxygens (including phenoxy) is 1. The van der Waals surface area contributed by atoms with Crippen LogP contribution in [0.4, 0.5) is 11.5 Å². The third-order valence-electron chi connectivity index (χ3n) is 2.90. The number of carbonyl (C=O) groups is 1. The Morgan fingerprint density at radius 1 is 1.26 bits per heavy atom. The number of methoxy groups -OCH3 is 1. The van der Waals surface area contributed by atoms with Gasteiger partial charge in [-0.3, -0.25) is 4.79 Å². The lowest BCUT2D eigenvalue weighted by Gasteiger charge is -2.09. The standard InChI is InChI=1S/C15H16Cl2N4O2/c1-23-6-2-5-18-15(22)13-8-14(20-9-19-13)21-12-4-3-10(16)7-11(12)17/h3-4,7-9H,2,5-6H2,1H3,(H,18,22)(H,19,20,21). The van der Waals surface area contributed by atoms with E-state index in [1.807, 2.05) is 0 Å². The molecule has 0 unspecified atom stereocenters. The Labute approximate surface area is 144 Å². The molecule has 6 nitrogen and oxygen atoms in total. The van der Waals surface area contributed by atoms with Crippen LogP contribution in [-0.4, -0.2) is 36.1 Å². The van der Waals surface area contributed by atoms with Gasteiger partial charge in [0.05, 0.1) is 10.7 Å². The van der Waals surface area contributed by atoms with Crippen molar-refractivity contribution in [1.29, 1.82) is 0 Å². The fraction of sp³-hybridized carbons (Fsp3) is 0.267. The smallest absolute Gasteiger partial charge is 0.270 e. The Hall–Kier alpha value is -1.89. The van der Waals surface area contributed by atoms with Gasteiger partial charge in [-0.05, 0) is 24.6 Å². The molecule has 0 atom stereocenters. The summed E-state index contributed by atoms with van der Waals surface area (Å²) in [5, 5.41) is 6.79. The SMILES string of the molecule is COCCCNC(=O)c1cc(Nc2ccc(Cl)cc2Cl)ncn1. The summed E-state index contributed by atoms with van der Waals surface area (Å²) in [5.41, 5.74) is 0.909. The van der Waals surface area contributed by atoms with E-state index in [2.05, 4.69) is 20.6 Å². The molecule has 0 aliphatic carbocycles. The van der Waals surface area contributed by atoms with E-state index >= 15 is 0 Å². The summed E-state index contributed by atoms with van der Waals surface area (Å²) in [6, 6.07) is 6.62. The first-order chi connectivity index (χ1) is 11.1. The van der Waals surface area contributed by atoms with E-state index in [1.165, 1.54) is 6.33 Å². The Balaban J connectivity index is 2.03. The highest BCUT2D eigenvalue weighted by Gasteiger charge is 2.09. The molecule has 2 N–H and O–H groups in total. The molecule has 1 amide bonds. The number of aromatic nitrogens is 2. The van der Waals surface area contributed by atoms with Crippen molar-refractivity contribution in [2.24, 2.45) is 0 Å². The number of anilines is 2. The molecule has 0 aliphatic rings. The van der Waals surface area contributed by atoms with Crippen LogP contribution < -0.4 is 10.6 Å². The maximum absolute atomic E-state index is 12.0. The maximum Gasteiger partial charge on any atom is 0.270 e. The molecule has 23 heavy (non-hydrogen) atoms. The number of carbonyl (C=O) groups excluding carboxylic acids is 1. The fourth-order valence-corrected chi connectivity index (χ4v) is 2.24. The number of hydrogen-bond donors (Lipinski definition) is 2. The molecule has 0 saturated heterocycles. The van der Waals surface area contributed by atoms with Crippen molar-refractivity contribution in [1.82, 2.24) is 15.3 Å². The van der Waals surface area contributed by atoms with E-state index in [0.717, 1.165) is 6.42 Å². The summed E-state index contributed by atoms with van der Waals surface area (Å²) in [7, 11) is 1.62. The van der Waals surface area contributed by atoms with Gasteiger partial charge in [-0.2, -0.15) is 0 Å². The van der Waals surface area contributed by atoms with Crippen LogP contribution in [0.25, 0.3) is 0 Å². The van der Waals surface area contributed by atoms with E-state index in [4.69, 9.17) is 27.9 Å². The lowest BCUT2D eigenvalue weighted by atomic mass is 10.3. The van der Waals surface area contributed by atoms with Crippen LogP contribution in [0, 0.1) is 0 Å². The number of amides is 1. The Bertz CT molecular complexity index is 682. The van der Waals surface area contributed by atoms with Crippen LogP contribution in [0.1, 0.15) is 16.9 Å². The summed E-state index contributed by atoms with van der Waals surface area (Å²) in [5.74, 6) is 0.194. The van der Waals surface area contributed by atoms with Crippen molar-refractivity contribution in [2.75, 3.05) is 25.6 Å². The molecule has 0 aliphatic heterocycles.